The highest BCUT2D eigenvalue weighted by molar-refractivity contribution is 14.0. The average Bonchev–Trinajstić information content (AvgIpc) is 3.48. The van der Waals surface area contributed by atoms with E-state index in [0.29, 0.717) is 13.2 Å². The summed E-state index contributed by atoms with van der Waals surface area (Å²) in [6, 6.07) is 5.97. The molecule has 0 atom stereocenters. The highest BCUT2D eigenvalue weighted by atomic mass is 127. The molecule has 138 valence electrons. The van der Waals surface area contributed by atoms with E-state index in [1.807, 2.05) is 25.2 Å². The molecule has 0 spiro atoms. The second kappa shape index (κ2) is 8.47. The van der Waals surface area contributed by atoms with Gasteiger partial charge in [0, 0.05) is 31.8 Å². The Balaban J connectivity index is 0.00000182. The number of ether oxygens (including phenoxy) is 2. The first-order chi connectivity index (χ1) is 11.8. The molecule has 4 rings (SSSR count). The van der Waals surface area contributed by atoms with Crippen LogP contribution in [-0.2, 0) is 0 Å². The van der Waals surface area contributed by atoms with Crippen LogP contribution in [-0.4, -0.2) is 32.8 Å². The molecule has 0 saturated heterocycles. The normalized spacial score (nSPS) is 19.8. The van der Waals surface area contributed by atoms with Crippen LogP contribution in [0.1, 0.15) is 32.1 Å². The smallest absolute Gasteiger partial charge is 0.195 e. The largest absolute Gasteiger partial charge is 0.490 e. The Hall–Kier alpha value is -1.18. The van der Waals surface area contributed by atoms with Crippen molar-refractivity contribution in [2.45, 2.75) is 32.1 Å². The number of hydrogen-bond donors (Lipinski definition) is 2. The summed E-state index contributed by atoms with van der Waals surface area (Å²) in [5, 5.41) is 6.90. The molecule has 5 nitrogen and oxygen atoms in total. The third kappa shape index (κ3) is 4.92. The van der Waals surface area contributed by atoms with E-state index in [-0.39, 0.29) is 24.0 Å². The molecule has 0 radical (unpaired) electrons. The van der Waals surface area contributed by atoms with E-state index < -0.39 is 0 Å². The molecule has 1 aliphatic heterocycles. The van der Waals surface area contributed by atoms with Crippen LogP contribution in [0.25, 0.3) is 0 Å². The molecular formula is C19H28IN3O2. The fourth-order valence-corrected chi connectivity index (χ4v) is 3.54. The molecule has 6 heteroatoms. The summed E-state index contributed by atoms with van der Waals surface area (Å²) >= 11 is 0. The topological polar surface area (TPSA) is 54.9 Å². The monoisotopic (exact) mass is 457 g/mol. The van der Waals surface area contributed by atoms with Gasteiger partial charge in [0.2, 0.25) is 0 Å². The van der Waals surface area contributed by atoms with Crippen LogP contribution in [0, 0.1) is 17.8 Å². The molecule has 2 aliphatic carbocycles. The van der Waals surface area contributed by atoms with E-state index in [1.165, 1.54) is 25.7 Å². The van der Waals surface area contributed by atoms with Crippen LogP contribution < -0.4 is 20.1 Å². The Morgan fingerprint density at radius 3 is 2.44 bits per heavy atom. The summed E-state index contributed by atoms with van der Waals surface area (Å²) in [7, 11) is 1.82. The Labute approximate surface area is 167 Å². The molecule has 0 aromatic heterocycles. The summed E-state index contributed by atoms with van der Waals surface area (Å²) in [5.41, 5.74) is 0.974. The zero-order valence-electron chi connectivity index (χ0n) is 14.8. The van der Waals surface area contributed by atoms with Gasteiger partial charge in [-0.1, -0.05) is 0 Å². The summed E-state index contributed by atoms with van der Waals surface area (Å²) in [6.45, 7) is 2.44. The first-order valence-electron chi connectivity index (χ1n) is 9.21. The lowest BCUT2D eigenvalue weighted by Crippen LogP contribution is -2.35. The van der Waals surface area contributed by atoms with E-state index in [1.54, 1.807) is 0 Å². The molecule has 0 unspecified atom stereocenters. The van der Waals surface area contributed by atoms with Gasteiger partial charge in [-0.3, -0.25) is 4.99 Å². The van der Waals surface area contributed by atoms with Gasteiger partial charge in [-0.05, 0) is 55.6 Å². The van der Waals surface area contributed by atoms with Crippen molar-refractivity contribution in [1.82, 2.24) is 5.32 Å². The van der Waals surface area contributed by atoms with Gasteiger partial charge in [-0.15, -0.1) is 24.0 Å². The van der Waals surface area contributed by atoms with E-state index in [9.17, 15) is 0 Å². The van der Waals surface area contributed by atoms with Gasteiger partial charge in [0.25, 0.3) is 0 Å². The second-order valence-electron chi connectivity index (χ2n) is 7.13. The molecular weight excluding hydrogens is 429 g/mol. The van der Waals surface area contributed by atoms with Crippen molar-refractivity contribution in [3.05, 3.63) is 18.2 Å². The van der Waals surface area contributed by atoms with Gasteiger partial charge in [-0.25, -0.2) is 0 Å². The molecule has 0 amide bonds. The quantitative estimate of drug-likeness (QED) is 0.400. The molecule has 2 saturated carbocycles. The molecule has 1 aromatic carbocycles. The molecule has 25 heavy (non-hydrogen) atoms. The number of halogens is 1. The lowest BCUT2D eigenvalue weighted by molar-refractivity contribution is 0.297. The second-order valence-corrected chi connectivity index (χ2v) is 7.13. The third-order valence-corrected chi connectivity index (χ3v) is 5.19. The summed E-state index contributed by atoms with van der Waals surface area (Å²) in [5.74, 6) is 5.18. The fraction of sp³-hybridized carbons (Fsp3) is 0.632. The van der Waals surface area contributed by atoms with E-state index in [0.717, 1.165) is 53.9 Å². The lowest BCUT2D eigenvalue weighted by atomic mass is 9.98. The van der Waals surface area contributed by atoms with Gasteiger partial charge in [0.15, 0.2) is 17.5 Å². The highest BCUT2D eigenvalue weighted by Crippen LogP contribution is 2.48. The minimum absolute atomic E-state index is 0. The van der Waals surface area contributed by atoms with Crippen molar-refractivity contribution in [3.8, 4) is 11.5 Å². The summed E-state index contributed by atoms with van der Waals surface area (Å²) < 4.78 is 11.4. The van der Waals surface area contributed by atoms with E-state index in [2.05, 4.69) is 15.6 Å². The number of anilines is 1. The van der Waals surface area contributed by atoms with E-state index >= 15 is 0 Å². The molecule has 0 bridgehead atoms. The van der Waals surface area contributed by atoms with Gasteiger partial charge >= 0.3 is 0 Å². The van der Waals surface area contributed by atoms with E-state index in [4.69, 9.17) is 9.47 Å². The van der Waals surface area contributed by atoms with Crippen molar-refractivity contribution in [2.24, 2.45) is 22.7 Å². The summed E-state index contributed by atoms with van der Waals surface area (Å²) in [6.07, 6.45) is 6.58. The number of rotatable bonds is 5. The lowest BCUT2D eigenvalue weighted by Gasteiger charge is -2.19. The maximum Gasteiger partial charge on any atom is 0.195 e. The molecule has 2 fully saturated rings. The van der Waals surface area contributed by atoms with Gasteiger partial charge in [0.1, 0.15) is 0 Å². The first kappa shape index (κ1) is 18.6. The number of nitrogens with one attached hydrogen (secondary N) is 2. The molecule has 1 heterocycles. The van der Waals surface area contributed by atoms with Gasteiger partial charge < -0.3 is 20.1 Å². The van der Waals surface area contributed by atoms with Crippen molar-refractivity contribution in [3.63, 3.8) is 0 Å². The third-order valence-electron chi connectivity index (χ3n) is 5.19. The zero-order chi connectivity index (χ0) is 16.4. The molecule has 1 aromatic rings. The minimum Gasteiger partial charge on any atom is -0.490 e. The number of nitrogens with zero attached hydrogens (tertiary/aromatic N) is 1. The number of benzene rings is 1. The first-order valence-corrected chi connectivity index (χ1v) is 9.21. The maximum atomic E-state index is 5.76. The standard InChI is InChI=1S/C19H27N3O2.HI/c1-20-19(21-12-16(13-3-4-13)14-5-6-14)22-15-7-8-17-18(11-15)24-10-2-9-23-17;/h7-8,11,13-14,16H,2-6,9-10,12H2,1H3,(H2,20,21,22);1H. The van der Waals surface area contributed by atoms with Gasteiger partial charge in [0.05, 0.1) is 13.2 Å². The number of aliphatic imine (C=N–C) groups is 1. The predicted octanol–water partition coefficient (Wildman–Crippen LogP) is 3.89. The van der Waals surface area contributed by atoms with Crippen molar-refractivity contribution < 1.29 is 9.47 Å². The molecule has 2 N–H and O–H groups in total. The van der Waals surface area contributed by atoms with Crippen LogP contribution >= 0.6 is 24.0 Å². The van der Waals surface area contributed by atoms with Crippen LogP contribution in [0.3, 0.4) is 0 Å². The van der Waals surface area contributed by atoms with Crippen LogP contribution in [0.2, 0.25) is 0 Å². The number of fused-ring (bicyclic) bond motifs is 1. The van der Waals surface area contributed by atoms with Crippen molar-refractivity contribution >= 4 is 35.6 Å². The van der Waals surface area contributed by atoms with Crippen molar-refractivity contribution in [2.75, 3.05) is 32.1 Å². The van der Waals surface area contributed by atoms with Crippen LogP contribution in [0.5, 0.6) is 11.5 Å². The Bertz CT molecular complexity index is 603. The van der Waals surface area contributed by atoms with Crippen LogP contribution in [0.4, 0.5) is 5.69 Å². The SMILES string of the molecule is CN=C(NCC(C1CC1)C1CC1)Nc1ccc2c(c1)OCCCO2.I. The maximum absolute atomic E-state index is 5.76. The van der Waals surface area contributed by atoms with Crippen LogP contribution in [0.15, 0.2) is 23.2 Å². The Morgan fingerprint density at radius 1 is 1.12 bits per heavy atom. The van der Waals surface area contributed by atoms with Crippen molar-refractivity contribution in [1.29, 1.82) is 0 Å². The Kier molecular flexibility index (Phi) is 6.30. The fourth-order valence-electron chi connectivity index (χ4n) is 3.54. The Morgan fingerprint density at radius 2 is 1.80 bits per heavy atom. The zero-order valence-corrected chi connectivity index (χ0v) is 17.1. The highest BCUT2D eigenvalue weighted by Gasteiger charge is 2.41. The molecule has 3 aliphatic rings. The summed E-state index contributed by atoms with van der Waals surface area (Å²) in [4.78, 5) is 4.37. The number of guanidine groups is 1. The minimum atomic E-state index is 0. The van der Waals surface area contributed by atoms with Gasteiger partial charge in [-0.2, -0.15) is 0 Å². The predicted molar refractivity (Wildman–Crippen MR) is 111 cm³/mol. The average molecular weight is 457 g/mol. The number of hydrogen-bond acceptors (Lipinski definition) is 3.